The lowest BCUT2D eigenvalue weighted by Gasteiger charge is -2.16. The van der Waals surface area contributed by atoms with Crippen LogP contribution in [-0.2, 0) is 4.74 Å². The minimum absolute atomic E-state index is 0.185. The standard InChI is InChI=1S/C12H19ClN2O2/c1-9(10-3-5-15-12(13)7-10)14-6-4-11(16)8-17-2/h3,5,7,9,11,14,16H,4,6,8H2,1-2H3. The van der Waals surface area contributed by atoms with E-state index >= 15 is 0 Å². The van der Waals surface area contributed by atoms with Gasteiger partial charge in [0.25, 0.3) is 0 Å². The molecule has 1 heterocycles. The van der Waals surface area contributed by atoms with Crippen LogP contribution in [0.3, 0.4) is 0 Å². The number of rotatable bonds is 7. The lowest BCUT2D eigenvalue weighted by molar-refractivity contribution is 0.0590. The molecular formula is C12H19ClN2O2. The van der Waals surface area contributed by atoms with Crippen molar-refractivity contribution in [2.75, 3.05) is 20.3 Å². The van der Waals surface area contributed by atoms with E-state index in [1.807, 2.05) is 19.1 Å². The summed E-state index contributed by atoms with van der Waals surface area (Å²) in [4.78, 5) is 3.94. The van der Waals surface area contributed by atoms with Gasteiger partial charge < -0.3 is 15.2 Å². The first-order valence-corrected chi connectivity index (χ1v) is 6.03. The Morgan fingerprint density at radius 3 is 3.00 bits per heavy atom. The molecule has 2 N–H and O–H groups in total. The zero-order valence-electron chi connectivity index (χ0n) is 10.2. The molecule has 5 heteroatoms. The average molecular weight is 259 g/mol. The third-order valence-electron chi connectivity index (χ3n) is 2.54. The lowest BCUT2D eigenvalue weighted by atomic mass is 10.1. The monoisotopic (exact) mass is 258 g/mol. The van der Waals surface area contributed by atoms with Gasteiger partial charge in [-0.3, -0.25) is 0 Å². The fourth-order valence-corrected chi connectivity index (χ4v) is 1.73. The molecule has 0 aromatic carbocycles. The van der Waals surface area contributed by atoms with E-state index in [4.69, 9.17) is 16.3 Å². The molecule has 0 aliphatic carbocycles. The van der Waals surface area contributed by atoms with Crippen LogP contribution >= 0.6 is 11.6 Å². The molecule has 0 aliphatic rings. The van der Waals surface area contributed by atoms with Crippen LogP contribution in [0.5, 0.6) is 0 Å². The number of nitrogens with one attached hydrogen (secondary N) is 1. The van der Waals surface area contributed by atoms with Gasteiger partial charge >= 0.3 is 0 Å². The summed E-state index contributed by atoms with van der Waals surface area (Å²) < 4.78 is 4.86. The van der Waals surface area contributed by atoms with Crippen molar-refractivity contribution in [3.8, 4) is 0 Å². The molecule has 0 bridgehead atoms. The van der Waals surface area contributed by atoms with Crippen LogP contribution in [0.25, 0.3) is 0 Å². The molecule has 0 spiro atoms. The highest BCUT2D eigenvalue weighted by molar-refractivity contribution is 6.29. The number of nitrogens with zero attached hydrogens (tertiary/aromatic N) is 1. The number of hydrogen-bond acceptors (Lipinski definition) is 4. The van der Waals surface area contributed by atoms with E-state index in [0.717, 1.165) is 12.1 Å². The summed E-state index contributed by atoms with van der Waals surface area (Å²) in [5, 5.41) is 13.3. The molecule has 2 unspecified atom stereocenters. The van der Waals surface area contributed by atoms with E-state index in [1.54, 1.807) is 13.3 Å². The van der Waals surface area contributed by atoms with Crippen molar-refractivity contribution >= 4 is 11.6 Å². The van der Waals surface area contributed by atoms with Crippen molar-refractivity contribution in [1.82, 2.24) is 10.3 Å². The van der Waals surface area contributed by atoms with E-state index in [-0.39, 0.29) is 6.04 Å². The van der Waals surface area contributed by atoms with Crippen molar-refractivity contribution in [3.05, 3.63) is 29.0 Å². The van der Waals surface area contributed by atoms with Gasteiger partial charge in [-0.25, -0.2) is 4.98 Å². The zero-order valence-corrected chi connectivity index (χ0v) is 10.9. The van der Waals surface area contributed by atoms with Crippen molar-refractivity contribution in [2.24, 2.45) is 0 Å². The highest BCUT2D eigenvalue weighted by Gasteiger charge is 2.07. The molecule has 17 heavy (non-hydrogen) atoms. The minimum atomic E-state index is -0.416. The fourth-order valence-electron chi connectivity index (χ4n) is 1.55. The van der Waals surface area contributed by atoms with Gasteiger partial charge in [0.2, 0.25) is 0 Å². The normalized spacial score (nSPS) is 14.6. The summed E-state index contributed by atoms with van der Waals surface area (Å²) in [5.74, 6) is 0. The molecule has 2 atom stereocenters. The summed E-state index contributed by atoms with van der Waals surface area (Å²) in [6, 6.07) is 3.95. The van der Waals surface area contributed by atoms with Gasteiger partial charge in [0.1, 0.15) is 5.15 Å². The van der Waals surface area contributed by atoms with Gasteiger partial charge in [0.05, 0.1) is 12.7 Å². The molecule has 0 saturated heterocycles. The van der Waals surface area contributed by atoms with Gasteiger partial charge in [-0.2, -0.15) is 0 Å². The highest BCUT2D eigenvalue weighted by atomic mass is 35.5. The molecule has 1 aromatic rings. The number of methoxy groups -OCH3 is 1. The number of ether oxygens (including phenoxy) is 1. The van der Waals surface area contributed by atoms with Gasteiger partial charge in [-0.05, 0) is 37.6 Å². The molecule has 1 rings (SSSR count). The van der Waals surface area contributed by atoms with Gasteiger partial charge in [-0.1, -0.05) is 11.6 Å². The molecule has 0 fully saturated rings. The van der Waals surface area contributed by atoms with Crippen LogP contribution < -0.4 is 5.32 Å². The van der Waals surface area contributed by atoms with Crippen molar-refractivity contribution in [2.45, 2.75) is 25.5 Å². The molecule has 0 amide bonds. The number of aliphatic hydroxyl groups excluding tert-OH is 1. The van der Waals surface area contributed by atoms with Gasteiger partial charge in [-0.15, -0.1) is 0 Å². The summed E-state index contributed by atoms with van der Waals surface area (Å²) >= 11 is 5.82. The number of pyridine rings is 1. The van der Waals surface area contributed by atoms with Crippen LogP contribution in [0.4, 0.5) is 0 Å². The molecule has 1 aromatic heterocycles. The smallest absolute Gasteiger partial charge is 0.129 e. The Kier molecular flexibility index (Phi) is 6.44. The largest absolute Gasteiger partial charge is 0.391 e. The Morgan fingerprint density at radius 2 is 2.35 bits per heavy atom. The average Bonchev–Trinajstić information content (AvgIpc) is 2.29. The third-order valence-corrected chi connectivity index (χ3v) is 2.74. The van der Waals surface area contributed by atoms with Crippen LogP contribution in [-0.4, -0.2) is 36.5 Å². The number of aliphatic hydroxyl groups is 1. The Bertz CT molecular complexity index is 336. The summed E-state index contributed by atoms with van der Waals surface area (Å²) in [7, 11) is 1.58. The molecular weight excluding hydrogens is 240 g/mol. The summed E-state index contributed by atoms with van der Waals surface area (Å²) in [5.41, 5.74) is 1.09. The second-order valence-corrected chi connectivity index (χ2v) is 4.37. The fraction of sp³-hybridized carbons (Fsp3) is 0.583. The topological polar surface area (TPSA) is 54.4 Å². The van der Waals surface area contributed by atoms with E-state index in [1.165, 1.54) is 0 Å². The Balaban J connectivity index is 2.32. The summed E-state index contributed by atoms with van der Waals surface area (Å²) in [6.07, 6.45) is 1.94. The first kappa shape index (κ1) is 14.4. The SMILES string of the molecule is COCC(O)CCNC(C)c1ccnc(Cl)c1. The van der Waals surface area contributed by atoms with E-state index in [0.29, 0.717) is 18.2 Å². The Labute approximate surface area is 107 Å². The molecule has 0 saturated carbocycles. The molecule has 0 radical (unpaired) electrons. The van der Waals surface area contributed by atoms with Crippen molar-refractivity contribution in [3.63, 3.8) is 0 Å². The highest BCUT2D eigenvalue weighted by Crippen LogP contribution is 2.14. The second kappa shape index (κ2) is 7.61. The Morgan fingerprint density at radius 1 is 1.59 bits per heavy atom. The lowest BCUT2D eigenvalue weighted by Crippen LogP contribution is -2.25. The predicted octanol–water partition coefficient (Wildman–Crippen LogP) is 1.78. The molecule has 0 aliphatic heterocycles. The van der Waals surface area contributed by atoms with E-state index < -0.39 is 6.10 Å². The first-order chi connectivity index (χ1) is 8.13. The maximum absolute atomic E-state index is 9.48. The zero-order chi connectivity index (χ0) is 12.7. The Hall–Kier alpha value is -0.680. The predicted molar refractivity (Wildman–Crippen MR) is 68.2 cm³/mol. The van der Waals surface area contributed by atoms with E-state index in [2.05, 4.69) is 10.3 Å². The van der Waals surface area contributed by atoms with Crippen molar-refractivity contribution in [1.29, 1.82) is 0 Å². The van der Waals surface area contributed by atoms with Crippen LogP contribution in [0.2, 0.25) is 5.15 Å². The van der Waals surface area contributed by atoms with Gasteiger partial charge in [0.15, 0.2) is 0 Å². The number of halogens is 1. The quantitative estimate of drug-likeness (QED) is 0.732. The van der Waals surface area contributed by atoms with Crippen LogP contribution in [0.15, 0.2) is 18.3 Å². The summed E-state index contributed by atoms with van der Waals surface area (Å²) in [6.45, 7) is 3.15. The third kappa shape index (κ3) is 5.46. The number of aromatic nitrogens is 1. The van der Waals surface area contributed by atoms with Crippen molar-refractivity contribution < 1.29 is 9.84 Å². The number of hydrogen-bond donors (Lipinski definition) is 2. The maximum Gasteiger partial charge on any atom is 0.129 e. The maximum atomic E-state index is 9.48. The van der Waals surface area contributed by atoms with Crippen LogP contribution in [0, 0.1) is 0 Å². The van der Waals surface area contributed by atoms with Crippen LogP contribution in [0.1, 0.15) is 24.9 Å². The second-order valence-electron chi connectivity index (χ2n) is 3.99. The van der Waals surface area contributed by atoms with E-state index in [9.17, 15) is 5.11 Å². The first-order valence-electron chi connectivity index (χ1n) is 5.65. The van der Waals surface area contributed by atoms with Gasteiger partial charge in [0, 0.05) is 19.3 Å². The molecule has 4 nitrogen and oxygen atoms in total. The minimum Gasteiger partial charge on any atom is -0.391 e. The molecule has 96 valence electrons.